The summed E-state index contributed by atoms with van der Waals surface area (Å²) in [6.45, 7) is 0.286. The molecule has 1 aliphatic rings. The summed E-state index contributed by atoms with van der Waals surface area (Å²) in [5.74, 6) is 0.912. The fourth-order valence-electron chi connectivity index (χ4n) is 3.13. The van der Waals surface area contributed by atoms with Crippen LogP contribution in [-0.2, 0) is 11.4 Å². The predicted molar refractivity (Wildman–Crippen MR) is 144 cm³/mol. The number of rotatable bonds is 6. The van der Waals surface area contributed by atoms with Crippen molar-refractivity contribution in [3.63, 3.8) is 0 Å². The minimum atomic E-state index is -0.165. The number of hydrogen-bond donors (Lipinski definition) is 0. The highest BCUT2D eigenvalue weighted by molar-refractivity contribution is 9.10. The Morgan fingerprint density at radius 3 is 2.52 bits per heavy atom. The lowest BCUT2D eigenvalue weighted by atomic mass is 10.1. The van der Waals surface area contributed by atoms with Gasteiger partial charge >= 0.3 is 0 Å². The number of thiocarbonyl (C=S) groups is 1. The maximum Gasteiger partial charge on any atom is 0.270 e. The second kappa shape index (κ2) is 10.5. The Hall–Kier alpha value is -2.03. The fraction of sp³-hybridized carbons (Fsp3) is 0.0833. The number of nitrogens with zero attached hydrogens (tertiary/aromatic N) is 1. The van der Waals surface area contributed by atoms with E-state index in [1.54, 1.807) is 31.4 Å². The van der Waals surface area contributed by atoms with Crippen LogP contribution >= 0.6 is 63.1 Å². The summed E-state index contributed by atoms with van der Waals surface area (Å²) in [5, 5.41) is 0.955. The number of methoxy groups -OCH3 is 1. The molecule has 1 amide bonds. The number of amides is 1. The van der Waals surface area contributed by atoms with Crippen LogP contribution in [0.15, 0.2) is 70.0 Å². The molecule has 168 valence electrons. The Bertz CT molecular complexity index is 1270. The molecule has 0 aliphatic carbocycles. The van der Waals surface area contributed by atoms with Gasteiger partial charge in [0.1, 0.15) is 6.61 Å². The maximum absolute atomic E-state index is 13.0. The summed E-state index contributed by atoms with van der Waals surface area (Å²) in [5.41, 5.74) is 2.38. The first-order valence-corrected chi connectivity index (χ1v) is 12.4. The molecular formula is C24H16BrCl2NO3S2. The van der Waals surface area contributed by atoms with Gasteiger partial charge in [0.15, 0.2) is 15.8 Å². The molecule has 33 heavy (non-hydrogen) atoms. The minimum Gasteiger partial charge on any atom is -0.493 e. The van der Waals surface area contributed by atoms with Crippen LogP contribution in [0.5, 0.6) is 11.5 Å². The van der Waals surface area contributed by atoms with E-state index in [-0.39, 0.29) is 12.5 Å². The van der Waals surface area contributed by atoms with E-state index in [0.717, 1.165) is 21.3 Å². The van der Waals surface area contributed by atoms with Crippen molar-refractivity contribution in [1.29, 1.82) is 0 Å². The molecule has 0 atom stereocenters. The van der Waals surface area contributed by atoms with Gasteiger partial charge in [0, 0.05) is 4.47 Å². The van der Waals surface area contributed by atoms with E-state index in [4.69, 9.17) is 44.9 Å². The number of carbonyl (C=O) groups excluding carboxylic acids is 1. The van der Waals surface area contributed by atoms with Crippen LogP contribution in [0.3, 0.4) is 0 Å². The van der Waals surface area contributed by atoms with Crippen LogP contribution in [0.4, 0.5) is 5.69 Å². The van der Waals surface area contributed by atoms with Gasteiger partial charge in [-0.3, -0.25) is 9.69 Å². The number of thioether (sulfide) groups is 1. The Balaban J connectivity index is 1.57. The first-order chi connectivity index (χ1) is 15.9. The summed E-state index contributed by atoms with van der Waals surface area (Å²) in [7, 11) is 1.56. The summed E-state index contributed by atoms with van der Waals surface area (Å²) in [4.78, 5) is 15.1. The van der Waals surface area contributed by atoms with Gasteiger partial charge in [0.25, 0.3) is 5.91 Å². The van der Waals surface area contributed by atoms with Crippen molar-refractivity contribution in [2.75, 3.05) is 12.0 Å². The maximum atomic E-state index is 13.0. The van der Waals surface area contributed by atoms with Gasteiger partial charge in [-0.05, 0) is 53.6 Å². The third-order valence-corrected chi connectivity index (χ3v) is 7.48. The second-order valence-corrected chi connectivity index (χ2v) is 10.3. The Morgan fingerprint density at radius 1 is 1.06 bits per heavy atom. The van der Waals surface area contributed by atoms with Crippen molar-refractivity contribution in [2.45, 2.75) is 6.61 Å². The van der Waals surface area contributed by atoms with E-state index in [1.165, 1.54) is 16.7 Å². The molecule has 1 saturated heterocycles. The van der Waals surface area contributed by atoms with Crippen molar-refractivity contribution in [1.82, 2.24) is 0 Å². The molecule has 1 fully saturated rings. The van der Waals surface area contributed by atoms with E-state index in [1.807, 2.05) is 42.5 Å². The SMILES string of the molecule is COc1cc(/C=C2/SC(=S)N(c3ccccc3)C2=O)c(Br)cc1OCc1ccc(Cl)c(Cl)c1. The number of halogens is 3. The first kappa shape index (κ1) is 24.1. The molecule has 0 saturated carbocycles. The quantitative estimate of drug-likeness (QED) is 0.220. The third kappa shape index (κ3) is 5.39. The largest absolute Gasteiger partial charge is 0.493 e. The highest BCUT2D eigenvalue weighted by Crippen LogP contribution is 2.39. The topological polar surface area (TPSA) is 38.8 Å². The normalized spacial score (nSPS) is 14.8. The summed E-state index contributed by atoms with van der Waals surface area (Å²) in [6.07, 6.45) is 1.79. The molecule has 0 spiro atoms. The monoisotopic (exact) mass is 579 g/mol. The van der Waals surface area contributed by atoms with Crippen LogP contribution in [0, 0.1) is 0 Å². The summed E-state index contributed by atoms with van der Waals surface area (Å²) < 4.78 is 12.7. The van der Waals surface area contributed by atoms with Gasteiger partial charge in [-0.25, -0.2) is 0 Å². The van der Waals surface area contributed by atoms with Crippen molar-refractivity contribution >= 4 is 85.1 Å². The lowest BCUT2D eigenvalue weighted by molar-refractivity contribution is -0.113. The number of carbonyl (C=O) groups is 1. The molecule has 1 heterocycles. The highest BCUT2D eigenvalue weighted by Gasteiger charge is 2.33. The van der Waals surface area contributed by atoms with Crippen molar-refractivity contribution < 1.29 is 14.3 Å². The van der Waals surface area contributed by atoms with Crippen LogP contribution in [0.2, 0.25) is 10.0 Å². The molecule has 3 aromatic rings. The molecule has 0 aromatic heterocycles. The third-order valence-electron chi connectivity index (χ3n) is 4.76. The lowest BCUT2D eigenvalue weighted by Gasteiger charge is -2.14. The van der Waals surface area contributed by atoms with Gasteiger partial charge in [0.05, 0.1) is 27.7 Å². The van der Waals surface area contributed by atoms with E-state index < -0.39 is 0 Å². The van der Waals surface area contributed by atoms with Crippen molar-refractivity contribution in [3.8, 4) is 11.5 Å². The molecule has 0 N–H and O–H groups in total. The summed E-state index contributed by atoms with van der Waals surface area (Å²) in [6, 6.07) is 18.3. The van der Waals surface area contributed by atoms with Crippen LogP contribution < -0.4 is 14.4 Å². The molecule has 0 radical (unpaired) electrons. The molecule has 3 aromatic carbocycles. The predicted octanol–water partition coefficient (Wildman–Crippen LogP) is 7.75. The van der Waals surface area contributed by atoms with E-state index >= 15 is 0 Å². The zero-order valence-electron chi connectivity index (χ0n) is 17.2. The second-order valence-electron chi connectivity index (χ2n) is 6.91. The number of ether oxygens (including phenoxy) is 2. The molecule has 4 nitrogen and oxygen atoms in total. The molecule has 1 aliphatic heterocycles. The number of anilines is 1. The first-order valence-electron chi connectivity index (χ1n) is 9.64. The zero-order chi connectivity index (χ0) is 23.5. The standard InChI is InChI=1S/C24H16BrCl2NO3S2/c1-30-20-10-15(11-22-23(29)28(24(32)33-22)16-5-3-2-4-6-16)17(25)12-21(20)31-13-14-7-8-18(26)19(27)9-14/h2-12H,13H2,1H3/b22-11+. The van der Waals surface area contributed by atoms with Gasteiger partial charge in [-0.2, -0.15) is 0 Å². The van der Waals surface area contributed by atoms with Gasteiger partial charge in [0.2, 0.25) is 0 Å². The van der Waals surface area contributed by atoms with E-state index in [0.29, 0.717) is 30.8 Å². The van der Waals surface area contributed by atoms with Gasteiger partial charge in [-0.1, -0.05) is 87.4 Å². The van der Waals surface area contributed by atoms with Crippen LogP contribution in [0.25, 0.3) is 6.08 Å². The zero-order valence-corrected chi connectivity index (χ0v) is 21.9. The molecule has 4 rings (SSSR count). The molecular weight excluding hydrogens is 565 g/mol. The smallest absolute Gasteiger partial charge is 0.270 e. The fourth-order valence-corrected chi connectivity index (χ4v) is 5.18. The van der Waals surface area contributed by atoms with Crippen LogP contribution in [-0.4, -0.2) is 17.3 Å². The molecule has 9 heteroatoms. The average Bonchev–Trinajstić information content (AvgIpc) is 3.09. The number of benzene rings is 3. The number of hydrogen-bond acceptors (Lipinski definition) is 5. The summed E-state index contributed by atoms with van der Waals surface area (Å²) >= 11 is 22.3. The minimum absolute atomic E-state index is 0.165. The lowest BCUT2D eigenvalue weighted by Crippen LogP contribution is -2.27. The Labute approximate surface area is 219 Å². The van der Waals surface area contributed by atoms with Gasteiger partial charge in [-0.15, -0.1) is 0 Å². The van der Waals surface area contributed by atoms with Crippen molar-refractivity contribution in [2.24, 2.45) is 0 Å². The molecule has 0 bridgehead atoms. The van der Waals surface area contributed by atoms with Crippen LogP contribution in [0.1, 0.15) is 11.1 Å². The van der Waals surface area contributed by atoms with Crippen molar-refractivity contribution in [3.05, 3.63) is 91.2 Å². The molecule has 0 unspecified atom stereocenters. The Morgan fingerprint density at radius 2 is 1.82 bits per heavy atom. The number of para-hydroxylation sites is 1. The Kier molecular flexibility index (Phi) is 7.66. The van der Waals surface area contributed by atoms with E-state index in [9.17, 15) is 4.79 Å². The van der Waals surface area contributed by atoms with Gasteiger partial charge < -0.3 is 9.47 Å². The van der Waals surface area contributed by atoms with E-state index in [2.05, 4.69) is 15.9 Å². The average molecular weight is 581 g/mol. The highest BCUT2D eigenvalue weighted by atomic mass is 79.9.